The topological polar surface area (TPSA) is 9.23 Å². The highest BCUT2D eigenvalue weighted by Gasteiger charge is 2.20. The molecule has 1 aliphatic rings. The van der Waals surface area contributed by atoms with E-state index in [9.17, 15) is 0 Å². The lowest BCUT2D eigenvalue weighted by molar-refractivity contribution is 0.414. The summed E-state index contributed by atoms with van der Waals surface area (Å²) in [5.74, 6) is 0.795. The molecule has 0 radical (unpaired) electrons. The molecule has 1 atom stereocenters. The van der Waals surface area contributed by atoms with E-state index in [1.54, 1.807) is 12.0 Å². The fourth-order valence-corrected chi connectivity index (χ4v) is 5.11. The van der Waals surface area contributed by atoms with Crippen LogP contribution >= 0.6 is 38.9 Å². The van der Waals surface area contributed by atoms with Gasteiger partial charge < -0.3 is 4.74 Å². The number of thiophene rings is 1. The number of methoxy groups -OCH3 is 1. The zero-order chi connectivity index (χ0) is 14.1. The molecule has 0 aliphatic heterocycles. The lowest BCUT2D eigenvalue weighted by atomic mass is 9.99. The molecule has 20 heavy (non-hydrogen) atoms. The third-order valence-electron chi connectivity index (χ3n) is 3.75. The van der Waals surface area contributed by atoms with E-state index >= 15 is 0 Å². The molecule has 1 aliphatic carbocycles. The number of hydrogen-bond acceptors (Lipinski definition) is 2. The lowest BCUT2D eigenvalue weighted by Gasteiger charge is -2.11. The minimum atomic E-state index is 0.163. The van der Waals surface area contributed by atoms with Crippen LogP contribution in [0.25, 0.3) is 0 Å². The van der Waals surface area contributed by atoms with Gasteiger partial charge in [0.25, 0.3) is 0 Å². The van der Waals surface area contributed by atoms with Gasteiger partial charge in [0.1, 0.15) is 5.75 Å². The smallest absolute Gasteiger partial charge is 0.120 e. The van der Waals surface area contributed by atoms with Crippen LogP contribution in [0.4, 0.5) is 0 Å². The lowest BCUT2D eigenvalue weighted by Crippen LogP contribution is -1.96. The van der Waals surface area contributed by atoms with E-state index in [2.05, 4.69) is 22.0 Å². The number of ether oxygens (including phenoxy) is 1. The van der Waals surface area contributed by atoms with Gasteiger partial charge >= 0.3 is 0 Å². The maximum atomic E-state index is 6.37. The fraction of sp³-hybridized carbons (Fsp3) is 0.375. The van der Waals surface area contributed by atoms with Crippen molar-refractivity contribution < 1.29 is 4.74 Å². The molecular formula is C16H16BrClOS. The molecule has 0 spiro atoms. The number of halogens is 2. The van der Waals surface area contributed by atoms with E-state index in [-0.39, 0.29) is 4.83 Å². The highest BCUT2D eigenvalue weighted by atomic mass is 79.9. The first-order valence-corrected chi connectivity index (χ1v) is 8.89. The van der Waals surface area contributed by atoms with Gasteiger partial charge in [-0.2, -0.15) is 0 Å². The second-order valence-corrected chi connectivity index (χ2v) is 7.55. The second kappa shape index (κ2) is 6.08. The number of benzene rings is 1. The summed E-state index contributed by atoms with van der Waals surface area (Å²) < 4.78 is 5.20. The van der Waals surface area contributed by atoms with Crippen LogP contribution in [0.2, 0.25) is 5.02 Å². The number of alkyl halides is 1. The third kappa shape index (κ3) is 2.76. The molecule has 0 fully saturated rings. The molecule has 1 aromatic carbocycles. The third-order valence-corrected chi connectivity index (χ3v) is 6.66. The molecular weight excluding hydrogens is 356 g/mol. The van der Waals surface area contributed by atoms with Crippen LogP contribution in [0.5, 0.6) is 5.75 Å². The first-order valence-electron chi connectivity index (χ1n) is 6.78. The summed E-state index contributed by atoms with van der Waals surface area (Å²) in [6.45, 7) is 0. The average Bonchev–Trinajstić information content (AvgIpc) is 2.90. The largest absolute Gasteiger partial charge is 0.497 e. The second-order valence-electron chi connectivity index (χ2n) is 5.05. The van der Waals surface area contributed by atoms with Crippen LogP contribution < -0.4 is 4.74 Å². The van der Waals surface area contributed by atoms with E-state index in [1.807, 2.05) is 29.5 Å². The number of fused-ring (bicyclic) bond motifs is 1. The van der Waals surface area contributed by atoms with Gasteiger partial charge in [-0.05, 0) is 55.0 Å². The van der Waals surface area contributed by atoms with Gasteiger partial charge in [0.2, 0.25) is 0 Å². The van der Waals surface area contributed by atoms with Crippen molar-refractivity contribution >= 4 is 38.9 Å². The van der Waals surface area contributed by atoms with Crippen LogP contribution in [-0.2, 0) is 12.8 Å². The molecule has 0 amide bonds. The van der Waals surface area contributed by atoms with Gasteiger partial charge in [-0.15, -0.1) is 11.3 Å². The van der Waals surface area contributed by atoms with E-state index in [1.165, 1.54) is 36.1 Å². The zero-order valence-electron chi connectivity index (χ0n) is 11.3. The zero-order valence-corrected chi connectivity index (χ0v) is 14.4. The van der Waals surface area contributed by atoms with E-state index in [0.29, 0.717) is 0 Å². The highest BCUT2D eigenvalue weighted by molar-refractivity contribution is 9.09. The monoisotopic (exact) mass is 370 g/mol. The van der Waals surface area contributed by atoms with Crippen LogP contribution in [0.15, 0.2) is 24.3 Å². The molecule has 1 aromatic heterocycles. The maximum absolute atomic E-state index is 6.37. The van der Waals surface area contributed by atoms with Crippen LogP contribution in [0.1, 0.15) is 38.6 Å². The molecule has 106 valence electrons. The summed E-state index contributed by atoms with van der Waals surface area (Å²) in [5, 5.41) is 0.748. The summed E-state index contributed by atoms with van der Waals surface area (Å²) >= 11 is 12.1. The van der Waals surface area contributed by atoms with Gasteiger partial charge in [0.15, 0.2) is 0 Å². The van der Waals surface area contributed by atoms with Crippen molar-refractivity contribution in [1.82, 2.24) is 0 Å². The van der Waals surface area contributed by atoms with Crippen molar-refractivity contribution in [2.24, 2.45) is 0 Å². The standard InChI is InChI=1S/C16H16BrClOS/c1-19-11-6-7-12(13(18)9-11)16(17)15-8-10-4-2-3-5-14(10)20-15/h6-9,16H,2-5H2,1H3. The number of rotatable bonds is 3. The van der Waals surface area contributed by atoms with Crippen LogP contribution in [0, 0.1) is 0 Å². The van der Waals surface area contributed by atoms with E-state index in [0.717, 1.165) is 16.3 Å². The molecule has 0 bridgehead atoms. The predicted octanol–water partition coefficient (Wildman–Crippen LogP) is 5.77. The van der Waals surface area contributed by atoms with Crippen molar-refractivity contribution in [3.05, 3.63) is 50.2 Å². The Labute approximate surface area is 137 Å². The van der Waals surface area contributed by atoms with Gasteiger partial charge in [-0.3, -0.25) is 0 Å². The Morgan fingerprint density at radius 1 is 1.25 bits per heavy atom. The Morgan fingerprint density at radius 2 is 2.05 bits per heavy atom. The van der Waals surface area contributed by atoms with Crippen molar-refractivity contribution in [1.29, 1.82) is 0 Å². The summed E-state index contributed by atoms with van der Waals surface area (Å²) in [5.41, 5.74) is 2.64. The van der Waals surface area contributed by atoms with Crippen molar-refractivity contribution in [2.75, 3.05) is 7.11 Å². The fourth-order valence-electron chi connectivity index (χ4n) is 2.63. The van der Waals surface area contributed by atoms with Crippen molar-refractivity contribution in [3.8, 4) is 5.75 Å². The predicted molar refractivity (Wildman–Crippen MR) is 89.7 cm³/mol. The SMILES string of the molecule is COc1ccc(C(Br)c2cc3c(s2)CCCC3)c(Cl)c1. The highest BCUT2D eigenvalue weighted by Crippen LogP contribution is 2.42. The van der Waals surface area contributed by atoms with Gasteiger partial charge in [-0.1, -0.05) is 33.6 Å². The molecule has 1 nitrogen and oxygen atoms in total. The molecule has 0 N–H and O–H groups in total. The quantitative estimate of drug-likeness (QED) is 0.622. The summed E-state index contributed by atoms with van der Waals surface area (Å²) in [4.78, 5) is 3.07. The Morgan fingerprint density at radius 3 is 2.75 bits per heavy atom. The Hall–Kier alpha value is -0.510. The molecule has 3 rings (SSSR count). The molecule has 0 saturated carbocycles. The van der Waals surface area contributed by atoms with Gasteiger partial charge in [0.05, 0.1) is 11.9 Å². The van der Waals surface area contributed by atoms with Gasteiger partial charge in [0, 0.05) is 14.8 Å². The minimum absolute atomic E-state index is 0.163. The summed E-state index contributed by atoms with van der Waals surface area (Å²) in [6.07, 6.45) is 5.10. The van der Waals surface area contributed by atoms with Crippen LogP contribution in [-0.4, -0.2) is 7.11 Å². The van der Waals surface area contributed by atoms with E-state index < -0.39 is 0 Å². The summed E-state index contributed by atoms with van der Waals surface area (Å²) in [7, 11) is 1.66. The number of aryl methyl sites for hydroxylation is 2. The minimum Gasteiger partial charge on any atom is -0.497 e. The molecule has 0 saturated heterocycles. The van der Waals surface area contributed by atoms with E-state index in [4.69, 9.17) is 16.3 Å². The van der Waals surface area contributed by atoms with Gasteiger partial charge in [-0.25, -0.2) is 0 Å². The Bertz CT molecular complexity index is 599. The molecule has 1 unspecified atom stereocenters. The van der Waals surface area contributed by atoms with Crippen LogP contribution in [0.3, 0.4) is 0 Å². The molecule has 4 heteroatoms. The Kier molecular flexibility index (Phi) is 4.39. The number of hydrogen-bond donors (Lipinski definition) is 0. The Balaban J connectivity index is 1.92. The summed E-state index contributed by atoms with van der Waals surface area (Å²) in [6, 6.07) is 8.22. The first kappa shape index (κ1) is 14.4. The van der Waals surface area contributed by atoms with Crippen molar-refractivity contribution in [2.45, 2.75) is 30.5 Å². The molecule has 2 aromatic rings. The van der Waals surface area contributed by atoms with Crippen molar-refractivity contribution in [3.63, 3.8) is 0 Å². The maximum Gasteiger partial charge on any atom is 0.120 e. The first-order chi connectivity index (χ1) is 9.69. The normalized spacial score (nSPS) is 15.8. The average molecular weight is 372 g/mol. The molecule has 1 heterocycles.